The van der Waals surface area contributed by atoms with E-state index in [-0.39, 0.29) is 15.6 Å². The fourth-order valence-corrected chi connectivity index (χ4v) is 4.61. The molecule has 1 amide bonds. The van der Waals surface area contributed by atoms with Crippen molar-refractivity contribution in [2.75, 3.05) is 24.3 Å². The Balaban J connectivity index is 1.79. The van der Waals surface area contributed by atoms with Gasteiger partial charge >= 0.3 is 0 Å². The predicted molar refractivity (Wildman–Crippen MR) is 131 cm³/mol. The van der Waals surface area contributed by atoms with Crippen LogP contribution in [0.4, 0.5) is 11.4 Å². The third-order valence-corrected chi connectivity index (χ3v) is 6.56. The van der Waals surface area contributed by atoms with Crippen molar-refractivity contribution in [2.45, 2.75) is 11.8 Å². The molecule has 0 aromatic heterocycles. The van der Waals surface area contributed by atoms with Crippen LogP contribution in [-0.4, -0.2) is 28.5 Å². The van der Waals surface area contributed by atoms with E-state index in [1.165, 1.54) is 19.3 Å². The topological polar surface area (TPSA) is 93.7 Å². The zero-order valence-corrected chi connectivity index (χ0v) is 19.8. The summed E-state index contributed by atoms with van der Waals surface area (Å²) in [5.74, 6) is 0.749. The minimum absolute atomic E-state index is 0.0287. The van der Waals surface area contributed by atoms with Crippen LogP contribution in [0.3, 0.4) is 0 Å². The van der Waals surface area contributed by atoms with Gasteiger partial charge in [-0.25, -0.2) is 8.42 Å². The van der Waals surface area contributed by atoms with Crippen molar-refractivity contribution in [3.8, 4) is 11.5 Å². The standard InChI is InChI=1S/C24H23ClN2O5S/c1-16-8-11-18(14-23(16)33(29,30)27-21-7-5-4-6-20(21)25)26-24(28)13-10-17-9-12-19(31-2)15-22(17)32-3/h4-15,27H,1-3H3,(H,26,28)/b13-10+. The Kier molecular flexibility index (Phi) is 7.63. The van der Waals surface area contributed by atoms with Gasteiger partial charge in [0.05, 0.1) is 29.8 Å². The van der Waals surface area contributed by atoms with E-state index in [4.69, 9.17) is 21.1 Å². The Labute approximate surface area is 198 Å². The highest BCUT2D eigenvalue weighted by Crippen LogP contribution is 2.28. The summed E-state index contributed by atoms with van der Waals surface area (Å²) in [5, 5.41) is 2.96. The average Bonchev–Trinajstić information content (AvgIpc) is 2.80. The summed E-state index contributed by atoms with van der Waals surface area (Å²) in [6, 6.07) is 16.4. The first kappa shape index (κ1) is 24.2. The monoisotopic (exact) mass is 486 g/mol. The van der Waals surface area contributed by atoms with Gasteiger partial charge in [-0.3, -0.25) is 9.52 Å². The van der Waals surface area contributed by atoms with Crippen LogP contribution in [0.1, 0.15) is 11.1 Å². The van der Waals surface area contributed by atoms with Gasteiger partial charge in [-0.05, 0) is 55.0 Å². The smallest absolute Gasteiger partial charge is 0.262 e. The number of methoxy groups -OCH3 is 2. The third kappa shape index (κ3) is 6.06. The number of aryl methyl sites for hydroxylation is 1. The van der Waals surface area contributed by atoms with E-state index in [1.807, 2.05) is 0 Å². The summed E-state index contributed by atoms with van der Waals surface area (Å²) < 4.78 is 38.8. The van der Waals surface area contributed by atoms with Gasteiger partial charge in [0.25, 0.3) is 10.0 Å². The molecule has 33 heavy (non-hydrogen) atoms. The Morgan fingerprint density at radius 2 is 1.76 bits per heavy atom. The maximum absolute atomic E-state index is 12.9. The first-order valence-electron chi connectivity index (χ1n) is 9.82. The highest BCUT2D eigenvalue weighted by atomic mass is 35.5. The van der Waals surface area contributed by atoms with Crippen molar-refractivity contribution < 1.29 is 22.7 Å². The third-order valence-electron chi connectivity index (χ3n) is 4.72. The Hall–Kier alpha value is -3.49. The quantitative estimate of drug-likeness (QED) is 0.431. The Bertz CT molecular complexity index is 1310. The van der Waals surface area contributed by atoms with E-state index in [1.54, 1.807) is 74.7 Å². The van der Waals surface area contributed by atoms with E-state index in [9.17, 15) is 13.2 Å². The maximum atomic E-state index is 12.9. The lowest BCUT2D eigenvalue weighted by molar-refractivity contribution is -0.111. The van der Waals surface area contributed by atoms with Crippen molar-refractivity contribution >= 4 is 45.0 Å². The number of amides is 1. The van der Waals surface area contributed by atoms with Gasteiger partial charge in [0.2, 0.25) is 5.91 Å². The van der Waals surface area contributed by atoms with Crippen LogP contribution in [-0.2, 0) is 14.8 Å². The number of nitrogens with one attached hydrogen (secondary N) is 2. The largest absolute Gasteiger partial charge is 0.497 e. The van der Waals surface area contributed by atoms with E-state index in [0.717, 1.165) is 0 Å². The molecule has 0 saturated carbocycles. The van der Waals surface area contributed by atoms with Crippen LogP contribution in [0.2, 0.25) is 5.02 Å². The SMILES string of the molecule is COc1ccc(/C=C/C(=O)Nc2ccc(C)c(S(=O)(=O)Nc3ccccc3Cl)c2)c(OC)c1. The van der Waals surface area contributed by atoms with Crippen molar-refractivity contribution in [1.82, 2.24) is 0 Å². The molecule has 0 radical (unpaired) electrons. The molecule has 172 valence electrons. The molecule has 0 atom stereocenters. The number of anilines is 2. The van der Waals surface area contributed by atoms with Gasteiger partial charge in [0, 0.05) is 23.4 Å². The number of benzene rings is 3. The number of halogens is 1. The number of hydrogen-bond acceptors (Lipinski definition) is 5. The number of ether oxygens (including phenoxy) is 2. The molecule has 0 unspecified atom stereocenters. The first-order chi connectivity index (χ1) is 15.7. The van der Waals surface area contributed by atoms with E-state index < -0.39 is 15.9 Å². The zero-order valence-electron chi connectivity index (χ0n) is 18.3. The highest BCUT2D eigenvalue weighted by Gasteiger charge is 2.19. The molecular formula is C24H23ClN2O5S. The lowest BCUT2D eigenvalue weighted by Gasteiger charge is -2.13. The summed E-state index contributed by atoms with van der Waals surface area (Å²) in [6.45, 7) is 1.67. The van der Waals surface area contributed by atoms with Gasteiger partial charge < -0.3 is 14.8 Å². The lowest BCUT2D eigenvalue weighted by atomic mass is 10.1. The zero-order chi connectivity index (χ0) is 24.0. The molecule has 0 aliphatic heterocycles. The summed E-state index contributed by atoms with van der Waals surface area (Å²) in [7, 11) is -0.850. The first-order valence-corrected chi connectivity index (χ1v) is 11.7. The summed E-state index contributed by atoms with van der Waals surface area (Å²) in [6.07, 6.45) is 2.93. The molecule has 0 bridgehead atoms. The van der Waals surface area contributed by atoms with Crippen LogP contribution in [0, 0.1) is 6.92 Å². The van der Waals surface area contributed by atoms with Crippen LogP contribution in [0.5, 0.6) is 11.5 Å². The minimum atomic E-state index is -3.93. The second kappa shape index (κ2) is 10.4. The molecule has 3 rings (SSSR count). The van der Waals surface area contributed by atoms with E-state index in [2.05, 4.69) is 10.0 Å². The van der Waals surface area contributed by atoms with Gasteiger partial charge in [0.1, 0.15) is 11.5 Å². The van der Waals surface area contributed by atoms with Gasteiger partial charge in [-0.2, -0.15) is 0 Å². The average molecular weight is 487 g/mol. The molecule has 3 aromatic carbocycles. The minimum Gasteiger partial charge on any atom is -0.497 e. The number of hydrogen-bond donors (Lipinski definition) is 2. The number of carbonyl (C=O) groups excluding carboxylic acids is 1. The fourth-order valence-electron chi connectivity index (χ4n) is 3.02. The molecule has 0 heterocycles. The molecule has 0 fully saturated rings. The van der Waals surface area contributed by atoms with Gasteiger partial charge in [-0.15, -0.1) is 0 Å². The van der Waals surface area contributed by atoms with Crippen molar-refractivity contribution in [1.29, 1.82) is 0 Å². The van der Waals surface area contributed by atoms with Crippen molar-refractivity contribution in [3.63, 3.8) is 0 Å². The van der Waals surface area contributed by atoms with E-state index >= 15 is 0 Å². The van der Waals surface area contributed by atoms with Crippen molar-refractivity contribution in [2.24, 2.45) is 0 Å². The number of para-hydroxylation sites is 1. The predicted octanol–water partition coefficient (Wildman–Crippen LogP) is 5.12. The molecule has 2 N–H and O–H groups in total. The molecule has 0 aliphatic carbocycles. The lowest BCUT2D eigenvalue weighted by Crippen LogP contribution is -2.15. The molecule has 0 aliphatic rings. The van der Waals surface area contributed by atoms with Crippen molar-refractivity contribution in [3.05, 3.63) is 82.9 Å². The van der Waals surface area contributed by atoms with Crippen LogP contribution >= 0.6 is 11.6 Å². The van der Waals surface area contributed by atoms with Crippen LogP contribution in [0.15, 0.2) is 71.6 Å². The Morgan fingerprint density at radius 3 is 2.45 bits per heavy atom. The normalized spacial score (nSPS) is 11.3. The molecule has 0 saturated heterocycles. The second-order valence-electron chi connectivity index (χ2n) is 7.00. The Morgan fingerprint density at radius 1 is 1.00 bits per heavy atom. The number of sulfonamides is 1. The van der Waals surface area contributed by atoms with Gasteiger partial charge in [-0.1, -0.05) is 29.8 Å². The highest BCUT2D eigenvalue weighted by molar-refractivity contribution is 7.92. The van der Waals surface area contributed by atoms with Crippen LogP contribution in [0.25, 0.3) is 6.08 Å². The number of carbonyl (C=O) groups is 1. The summed E-state index contributed by atoms with van der Waals surface area (Å²) >= 11 is 6.07. The van der Waals surface area contributed by atoms with E-state index in [0.29, 0.717) is 28.3 Å². The summed E-state index contributed by atoms with van der Waals surface area (Å²) in [4.78, 5) is 12.5. The second-order valence-corrected chi connectivity index (χ2v) is 9.05. The number of rotatable bonds is 8. The molecular weight excluding hydrogens is 464 g/mol. The van der Waals surface area contributed by atoms with Gasteiger partial charge in [0.15, 0.2) is 0 Å². The fraction of sp³-hybridized carbons (Fsp3) is 0.125. The maximum Gasteiger partial charge on any atom is 0.262 e. The molecule has 7 nitrogen and oxygen atoms in total. The molecule has 3 aromatic rings. The summed E-state index contributed by atoms with van der Waals surface area (Å²) in [5.41, 5.74) is 1.80. The molecule has 0 spiro atoms. The molecule has 9 heteroatoms. The van der Waals surface area contributed by atoms with Crippen LogP contribution < -0.4 is 19.5 Å².